The Kier molecular flexibility index (Phi) is 5.95. The maximum atomic E-state index is 12.6. The van der Waals surface area contributed by atoms with E-state index < -0.39 is 0 Å². The van der Waals surface area contributed by atoms with Crippen LogP contribution >= 0.6 is 0 Å². The van der Waals surface area contributed by atoms with Crippen LogP contribution in [0.5, 0.6) is 5.75 Å². The zero-order chi connectivity index (χ0) is 17.6. The van der Waals surface area contributed by atoms with Gasteiger partial charge in [0.1, 0.15) is 5.75 Å². The molecule has 2 amide bonds. The van der Waals surface area contributed by atoms with E-state index in [1.807, 2.05) is 34.1 Å². The zero-order valence-electron chi connectivity index (χ0n) is 15.1. The Morgan fingerprint density at radius 2 is 1.56 bits per heavy atom. The number of methoxy groups -OCH3 is 1. The minimum Gasteiger partial charge on any atom is -0.497 e. The van der Waals surface area contributed by atoms with Crippen molar-refractivity contribution in [2.45, 2.75) is 38.5 Å². The molecular weight excluding hydrogens is 316 g/mol. The predicted octanol–water partition coefficient (Wildman–Crippen LogP) is 2.49. The Bertz CT molecular complexity index is 585. The molecule has 0 N–H and O–H groups in total. The fourth-order valence-corrected chi connectivity index (χ4v) is 3.81. The van der Waals surface area contributed by atoms with E-state index >= 15 is 0 Å². The average Bonchev–Trinajstić information content (AvgIpc) is 2.69. The van der Waals surface area contributed by atoms with E-state index in [9.17, 15) is 9.59 Å². The molecular formula is C20H28N2O3. The zero-order valence-corrected chi connectivity index (χ0v) is 15.1. The lowest BCUT2D eigenvalue weighted by atomic mass is 9.88. The number of carbonyl (C=O) groups excluding carboxylic acids is 2. The molecule has 5 nitrogen and oxygen atoms in total. The molecule has 25 heavy (non-hydrogen) atoms. The Labute approximate surface area is 149 Å². The maximum Gasteiger partial charge on any atom is 0.227 e. The number of carbonyl (C=O) groups is 2. The smallest absolute Gasteiger partial charge is 0.227 e. The fourth-order valence-electron chi connectivity index (χ4n) is 3.81. The van der Waals surface area contributed by atoms with Gasteiger partial charge in [0.25, 0.3) is 0 Å². The molecule has 0 unspecified atom stereocenters. The molecule has 0 aromatic heterocycles. The molecule has 1 aliphatic carbocycles. The van der Waals surface area contributed by atoms with Crippen molar-refractivity contribution in [2.75, 3.05) is 33.3 Å². The van der Waals surface area contributed by atoms with Crippen LogP contribution in [-0.2, 0) is 16.0 Å². The van der Waals surface area contributed by atoms with Gasteiger partial charge in [-0.25, -0.2) is 0 Å². The Balaban J connectivity index is 1.47. The third-order valence-corrected chi connectivity index (χ3v) is 5.41. The van der Waals surface area contributed by atoms with Crippen molar-refractivity contribution < 1.29 is 14.3 Å². The number of hydrogen-bond donors (Lipinski definition) is 0. The molecule has 5 heteroatoms. The van der Waals surface area contributed by atoms with Gasteiger partial charge in [0, 0.05) is 32.1 Å². The number of nitrogens with zero attached hydrogens (tertiary/aromatic N) is 2. The summed E-state index contributed by atoms with van der Waals surface area (Å²) in [5, 5.41) is 0. The number of hydrogen-bond acceptors (Lipinski definition) is 3. The normalized spacial score (nSPS) is 18.9. The van der Waals surface area contributed by atoms with E-state index in [1.54, 1.807) is 7.11 Å². The summed E-state index contributed by atoms with van der Waals surface area (Å²) >= 11 is 0. The van der Waals surface area contributed by atoms with Crippen molar-refractivity contribution in [1.82, 2.24) is 9.80 Å². The van der Waals surface area contributed by atoms with Gasteiger partial charge in [0.2, 0.25) is 11.8 Å². The number of rotatable bonds is 4. The van der Waals surface area contributed by atoms with Gasteiger partial charge >= 0.3 is 0 Å². The topological polar surface area (TPSA) is 49.9 Å². The molecule has 0 bridgehead atoms. The molecule has 136 valence electrons. The van der Waals surface area contributed by atoms with Crippen LogP contribution in [0.15, 0.2) is 24.3 Å². The first-order valence-electron chi connectivity index (χ1n) is 9.37. The molecule has 2 aliphatic rings. The van der Waals surface area contributed by atoms with E-state index in [-0.39, 0.29) is 11.8 Å². The first kappa shape index (κ1) is 17.8. The molecule has 1 heterocycles. The highest BCUT2D eigenvalue weighted by Crippen LogP contribution is 2.26. The lowest BCUT2D eigenvalue weighted by Crippen LogP contribution is -2.52. The molecule has 0 atom stereocenters. The molecule has 0 spiro atoms. The van der Waals surface area contributed by atoms with Crippen LogP contribution in [0.1, 0.15) is 37.7 Å². The van der Waals surface area contributed by atoms with Gasteiger partial charge in [-0.05, 0) is 30.5 Å². The second-order valence-electron chi connectivity index (χ2n) is 7.07. The number of benzene rings is 1. The van der Waals surface area contributed by atoms with Gasteiger partial charge in [-0.1, -0.05) is 31.4 Å². The van der Waals surface area contributed by atoms with E-state index in [0.717, 1.165) is 24.2 Å². The summed E-state index contributed by atoms with van der Waals surface area (Å²) in [6, 6.07) is 7.62. The van der Waals surface area contributed by atoms with Crippen LogP contribution in [0.3, 0.4) is 0 Å². The van der Waals surface area contributed by atoms with Crippen LogP contribution in [0.25, 0.3) is 0 Å². The summed E-state index contributed by atoms with van der Waals surface area (Å²) in [4.78, 5) is 28.9. The summed E-state index contributed by atoms with van der Waals surface area (Å²) in [7, 11) is 1.63. The van der Waals surface area contributed by atoms with Gasteiger partial charge in [-0.2, -0.15) is 0 Å². The second-order valence-corrected chi connectivity index (χ2v) is 7.07. The highest BCUT2D eigenvalue weighted by molar-refractivity contribution is 5.81. The first-order valence-corrected chi connectivity index (χ1v) is 9.37. The highest BCUT2D eigenvalue weighted by Gasteiger charge is 2.29. The predicted molar refractivity (Wildman–Crippen MR) is 96.4 cm³/mol. The maximum absolute atomic E-state index is 12.6. The molecule has 2 fully saturated rings. The van der Waals surface area contributed by atoms with Crippen LogP contribution in [0, 0.1) is 5.92 Å². The average molecular weight is 344 g/mol. The molecule has 3 rings (SSSR count). The summed E-state index contributed by atoms with van der Waals surface area (Å²) in [6.45, 7) is 2.63. The summed E-state index contributed by atoms with van der Waals surface area (Å²) in [6.07, 6.45) is 6.09. The first-order chi connectivity index (χ1) is 12.2. The number of amides is 2. The minimum absolute atomic E-state index is 0.134. The molecule has 1 saturated carbocycles. The van der Waals surface area contributed by atoms with Crippen LogP contribution < -0.4 is 4.74 Å². The van der Waals surface area contributed by atoms with E-state index in [4.69, 9.17) is 4.74 Å². The lowest BCUT2D eigenvalue weighted by molar-refractivity contribution is -0.142. The van der Waals surface area contributed by atoms with E-state index in [2.05, 4.69) is 0 Å². The van der Waals surface area contributed by atoms with Crippen molar-refractivity contribution >= 4 is 11.8 Å². The molecule has 1 aromatic carbocycles. The summed E-state index contributed by atoms with van der Waals surface area (Å²) < 4.78 is 5.14. The van der Waals surface area contributed by atoms with Crippen molar-refractivity contribution in [1.29, 1.82) is 0 Å². The lowest BCUT2D eigenvalue weighted by Gasteiger charge is -2.37. The molecule has 1 aromatic rings. The third-order valence-electron chi connectivity index (χ3n) is 5.41. The van der Waals surface area contributed by atoms with Crippen molar-refractivity contribution in [3.63, 3.8) is 0 Å². The van der Waals surface area contributed by atoms with E-state index in [1.165, 1.54) is 19.3 Å². The van der Waals surface area contributed by atoms with Gasteiger partial charge in [-0.3, -0.25) is 9.59 Å². The largest absolute Gasteiger partial charge is 0.497 e. The molecule has 1 aliphatic heterocycles. The Morgan fingerprint density at radius 1 is 0.960 bits per heavy atom. The highest BCUT2D eigenvalue weighted by atomic mass is 16.5. The monoisotopic (exact) mass is 344 g/mol. The third kappa shape index (κ3) is 4.53. The van der Waals surface area contributed by atoms with Crippen LogP contribution in [-0.4, -0.2) is 54.9 Å². The second kappa shape index (κ2) is 8.37. The van der Waals surface area contributed by atoms with Crippen molar-refractivity contribution in [3.05, 3.63) is 29.8 Å². The Morgan fingerprint density at radius 3 is 2.16 bits per heavy atom. The van der Waals surface area contributed by atoms with Gasteiger partial charge in [-0.15, -0.1) is 0 Å². The quantitative estimate of drug-likeness (QED) is 0.843. The number of ether oxygens (including phenoxy) is 1. The van der Waals surface area contributed by atoms with Crippen LogP contribution in [0.2, 0.25) is 0 Å². The Hall–Kier alpha value is -2.04. The van der Waals surface area contributed by atoms with Crippen molar-refractivity contribution in [2.24, 2.45) is 5.92 Å². The fraction of sp³-hybridized carbons (Fsp3) is 0.600. The van der Waals surface area contributed by atoms with E-state index in [0.29, 0.717) is 38.5 Å². The molecule has 1 saturated heterocycles. The number of piperazine rings is 1. The van der Waals surface area contributed by atoms with Gasteiger partial charge < -0.3 is 14.5 Å². The van der Waals surface area contributed by atoms with Crippen molar-refractivity contribution in [3.8, 4) is 5.75 Å². The SMILES string of the molecule is COc1ccc(CC(=O)N2CCN(C(=O)C3CCCCC3)CC2)cc1. The van der Waals surface area contributed by atoms with Crippen LogP contribution in [0.4, 0.5) is 0 Å². The minimum atomic E-state index is 0.134. The van der Waals surface area contributed by atoms with Gasteiger partial charge in [0.15, 0.2) is 0 Å². The standard InChI is InChI=1S/C20H28N2O3/c1-25-18-9-7-16(8-10-18)15-19(23)21-11-13-22(14-12-21)20(24)17-5-3-2-4-6-17/h7-10,17H,2-6,11-15H2,1H3. The molecule has 0 radical (unpaired) electrons. The summed E-state index contributed by atoms with van der Waals surface area (Å²) in [5.74, 6) is 1.46. The van der Waals surface area contributed by atoms with Gasteiger partial charge in [0.05, 0.1) is 13.5 Å². The summed E-state index contributed by atoms with van der Waals surface area (Å²) in [5.41, 5.74) is 0.992.